The van der Waals surface area contributed by atoms with E-state index in [4.69, 9.17) is 11.6 Å². The molecule has 1 aromatic rings. The van der Waals surface area contributed by atoms with Crippen molar-refractivity contribution in [2.24, 2.45) is 0 Å². The second-order valence-corrected chi connectivity index (χ2v) is 5.41. The lowest BCUT2D eigenvalue weighted by molar-refractivity contribution is -0.132. The van der Waals surface area contributed by atoms with Crippen molar-refractivity contribution in [1.82, 2.24) is 4.90 Å². The zero-order valence-electron chi connectivity index (χ0n) is 10.5. The van der Waals surface area contributed by atoms with E-state index in [0.29, 0.717) is 24.9 Å². The van der Waals surface area contributed by atoms with Gasteiger partial charge in [0.05, 0.1) is 6.42 Å². The fourth-order valence-corrected chi connectivity index (χ4v) is 2.87. The van der Waals surface area contributed by atoms with E-state index < -0.39 is 0 Å². The molecule has 0 aliphatic rings. The molecule has 0 aromatic carbocycles. The summed E-state index contributed by atoms with van der Waals surface area (Å²) in [6.45, 7) is 4.89. The molecule has 0 bridgehead atoms. The first kappa shape index (κ1) is 14.5. The number of amides is 1. The third-order valence-corrected chi connectivity index (χ3v) is 3.98. The summed E-state index contributed by atoms with van der Waals surface area (Å²) in [7, 11) is 0. The lowest BCUT2D eigenvalue weighted by atomic mass is 10.1. The average molecular weight is 274 g/mol. The van der Waals surface area contributed by atoms with Crippen molar-refractivity contribution < 1.29 is 4.79 Å². The number of hydrogen-bond acceptors (Lipinski definition) is 2. The molecule has 0 aliphatic heterocycles. The van der Waals surface area contributed by atoms with E-state index in [-0.39, 0.29) is 5.91 Å². The van der Waals surface area contributed by atoms with Crippen molar-refractivity contribution in [3.05, 3.63) is 22.4 Å². The Morgan fingerprint density at radius 2 is 2.18 bits per heavy atom. The molecule has 0 N–H and O–H groups in total. The minimum atomic E-state index is 0.196. The standard InChI is InChI=1S/C13H20ClNOS/c1-3-11(4-2)15(8-7-14)13(16)10-12-6-5-9-17-12/h5-6,9,11H,3-4,7-8,10H2,1-2H3. The molecule has 0 saturated heterocycles. The Bertz CT molecular complexity index is 322. The predicted molar refractivity (Wildman–Crippen MR) is 74.8 cm³/mol. The lowest BCUT2D eigenvalue weighted by Crippen LogP contribution is -2.41. The zero-order chi connectivity index (χ0) is 12.7. The summed E-state index contributed by atoms with van der Waals surface area (Å²) in [6, 6.07) is 4.31. The monoisotopic (exact) mass is 273 g/mol. The molecule has 1 heterocycles. The third-order valence-electron chi connectivity index (χ3n) is 2.93. The van der Waals surface area contributed by atoms with Crippen LogP contribution in [0.2, 0.25) is 0 Å². The van der Waals surface area contributed by atoms with Gasteiger partial charge >= 0.3 is 0 Å². The number of nitrogens with zero attached hydrogens (tertiary/aromatic N) is 1. The number of carbonyl (C=O) groups is 1. The molecule has 0 fully saturated rings. The van der Waals surface area contributed by atoms with Crippen LogP contribution < -0.4 is 0 Å². The van der Waals surface area contributed by atoms with Crippen molar-refractivity contribution in [2.45, 2.75) is 39.2 Å². The Morgan fingerprint density at radius 1 is 1.47 bits per heavy atom. The molecule has 0 aliphatic carbocycles. The molecular weight excluding hydrogens is 254 g/mol. The Morgan fingerprint density at radius 3 is 2.65 bits per heavy atom. The number of thiophene rings is 1. The maximum atomic E-state index is 12.2. The van der Waals surface area contributed by atoms with Crippen LogP contribution in [0.15, 0.2) is 17.5 Å². The largest absolute Gasteiger partial charge is 0.338 e. The van der Waals surface area contributed by atoms with Crippen LogP contribution in [0.1, 0.15) is 31.6 Å². The summed E-state index contributed by atoms with van der Waals surface area (Å²) in [4.78, 5) is 15.3. The van der Waals surface area contributed by atoms with Gasteiger partial charge < -0.3 is 4.90 Å². The molecule has 1 amide bonds. The van der Waals surface area contributed by atoms with Crippen molar-refractivity contribution in [3.63, 3.8) is 0 Å². The van der Waals surface area contributed by atoms with Gasteiger partial charge in [0.2, 0.25) is 5.91 Å². The first-order chi connectivity index (χ1) is 8.22. The van der Waals surface area contributed by atoms with Crippen LogP contribution >= 0.6 is 22.9 Å². The van der Waals surface area contributed by atoms with Crippen molar-refractivity contribution in [3.8, 4) is 0 Å². The number of halogens is 1. The second kappa shape index (κ2) is 7.72. The van der Waals surface area contributed by atoms with Gasteiger partial charge in [-0.05, 0) is 24.3 Å². The van der Waals surface area contributed by atoms with E-state index in [0.717, 1.165) is 17.7 Å². The highest BCUT2D eigenvalue weighted by Gasteiger charge is 2.20. The second-order valence-electron chi connectivity index (χ2n) is 4.00. The van der Waals surface area contributed by atoms with E-state index in [2.05, 4.69) is 13.8 Å². The Balaban J connectivity index is 2.65. The predicted octanol–water partition coefficient (Wildman–Crippen LogP) is 3.55. The van der Waals surface area contributed by atoms with Crippen molar-refractivity contribution in [1.29, 1.82) is 0 Å². The average Bonchev–Trinajstić information content (AvgIpc) is 2.82. The number of rotatable bonds is 7. The highest BCUT2D eigenvalue weighted by Crippen LogP contribution is 2.14. The van der Waals surface area contributed by atoms with Crippen molar-refractivity contribution in [2.75, 3.05) is 12.4 Å². The van der Waals surface area contributed by atoms with Gasteiger partial charge in [0.25, 0.3) is 0 Å². The van der Waals surface area contributed by atoms with E-state index in [1.165, 1.54) is 0 Å². The van der Waals surface area contributed by atoms with Crippen LogP contribution in [0.3, 0.4) is 0 Å². The minimum absolute atomic E-state index is 0.196. The number of carbonyl (C=O) groups excluding carboxylic acids is 1. The van der Waals surface area contributed by atoms with Gasteiger partial charge in [0, 0.05) is 23.3 Å². The maximum Gasteiger partial charge on any atom is 0.228 e. The van der Waals surface area contributed by atoms with Gasteiger partial charge in [0.1, 0.15) is 0 Å². The Labute approximate surface area is 113 Å². The van der Waals surface area contributed by atoms with Crippen LogP contribution in [0.4, 0.5) is 0 Å². The lowest BCUT2D eigenvalue weighted by Gasteiger charge is -2.30. The van der Waals surface area contributed by atoms with E-state index in [1.807, 2.05) is 22.4 Å². The van der Waals surface area contributed by atoms with Gasteiger partial charge in [-0.1, -0.05) is 19.9 Å². The van der Waals surface area contributed by atoms with Gasteiger partial charge in [-0.25, -0.2) is 0 Å². The first-order valence-electron chi connectivity index (χ1n) is 6.10. The molecule has 0 saturated carbocycles. The molecule has 0 radical (unpaired) electrons. The smallest absolute Gasteiger partial charge is 0.228 e. The fourth-order valence-electron chi connectivity index (χ4n) is 2.00. The van der Waals surface area contributed by atoms with Crippen LogP contribution in [0.25, 0.3) is 0 Å². The van der Waals surface area contributed by atoms with Crippen LogP contribution in [-0.2, 0) is 11.2 Å². The van der Waals surface area contributed by atoms with Gasteiger partial charge in [0.15, 0.2) is 0 Å². The highest BCUT2D eigenvalue weighted by atomic mass is 35.5. The molecule has 1 aromatic heterocycles. The molecule has 96 valence electrons. The third kappa shape index (κ3) is 4.32. The van der Waals surface area contributed by atoms with Crippen LogP contribution in [0, 0.1) is 0 Å². The minimum Gasteiger partial charge on any atom is -0.338 e. The van der Waals surface area contributed by atoms with Gasteiger partial charge in [-0.3, -0.25) is 4.79 Å². The van der Waals surface area contributed by atoms with Gasteiger partial charge in [-0.15, -0.1) is 22.9 Å². The SMILES string of the molecule is CCC(CC)N(CCCl)C(=O)Cc1cccs1. The van der Waals surface area contributed by atoms with Crippen LogP contribution in [0.5, 0.6) is 0 Å². The highest BCUT2D eigenvalue weighted by molar-refractivity contribution is 7.10. The molecule has 0 spiro atoms. The fraction of sp³-hybridized carbons (Fsp3) is 0.615. The summed E-state index contributed by atoms with van der Waals surface area (Å²) >= 11 is 7.42. The normalized spacial score (nSPS) is 10.8. The van der Waals surface area contributed by atoms with E-state index >= 15 is 0 Å². The maximum absolute atomic E-state index is 12.2. The molecule has 1 rings (SSSR count). The molecule has 0 atom stereocenters. The van der Waals surface area contributed by atoms with Crippen LogP contribution in [-0.4, -0.2) is 29.3 Å². The molecule has 4 heteroatoms. The molecule has 17 heavy (non-hydrogen) atoms. The van der Waals surface area contributed by atoms with E-state index in [1.54, 1.807) is 11.3 Å². The quantitative estimate of drug-likeness (QED) is 0.696. The number of alkyl halides is 1. The summed E-state index contributed by atoms with van der Waals surface area (Å²) in [5.74, 6) is 0.703. The Kier molecular flexibility index (Phi) is 6.60. The molecular formula is C13H20ClNOS. The Hall–Kier alpha value is -0.540. The summed E-state index contributed by atoms with van der Waals surface area (Å²) < 4.78 is 0. The van der Waals surface area contributed by atoms with E-state index in [9.17, 15) is 4.79 Å². The first-order valence-corrected chi connectivity index (χ1v) is 7.52. The molecule has 0 unspecified atom stereocenters. The summed E-state index contributed by atoms with van der Waals surface area (Å²) in [5, 5.41) is 2.01. The number of hydrogen-bond donors (Lipinski definition) is 0. The van der Waals surface area contributed by atoms with Gasteiger partial charge in [-0.2, -0.15) is 0 Å². The van der Waals surface area contributed by atoms with Crippen molar-refractivity contribution >= 4 is 28.8 Å². The summed E-state index contributed by atoms with van der Waals surface area (Å²) in [6.07, 6.45) is 2.48. The molecule has 2 nitrogen and oxygen atoms in total. The summed E-state index contributed by atoms with van der Waals surface area (Å²) in [5.41, 5.74) is 0. The topological polar surface area (TPSA) is 20.3 Å². The zero-order valence-corrected chi connectivity index (χ0v) is 12.1.